The predicted molar refractivity (Wildman–Crippen MR) is 90.8 cm³/mol. The Labute approximate surface area is 131 Å². The largest absolute Gasteiger partial charge is 0.0861 e. The molecule has 0 spiro atoms. The van der Waals surface area contributed by atoms with E-state index in [1.807, 2.05) is 12.1 Å². The van der Waals surface area contributed by atoms with Crippen molar-refractivity contribution in [1.82, 2.24) is 0 Å². The van der Waals surface area contributed by atoms with Crippen LogP contribution in [0.25, 0.3) is 0 Å². The molecule has 0 aliphatic carbocycles. The molecule has 0 nitrogen and oxygen atoms in total. The fraction of sp³-hybridized carbons (Fsp3) is 0.625. The van der Waals surface area contributed by atoms with Crippen LogP contribution < -0.4 is 0 Å². The minimum atomic E-state index is 0.843. The molecule has 18 heavy (non-hydrogen) atoms. The first kappa shape index (κ1) is 16.3. The molecule has 2 heteroatoms. The molecular formula is C16H24ClI. The Morgan fingerprint density at radius 2 is 1.89 bits per heavy atom. The Hall–Kier alpha value is 0.240. The van der Waals surface area contributed by atoms with Gasteiger partial charge in [0.1, 0.15) is 0 Å². The maximum absolute atomic E-state index is 6.20. The molecule has 2 atom stereocenters. The van der Waals surface area contributed by atoms with E-state index in [4.69, 9.17) is 11.6 Å². The zero-order valence-electron chi connectivity index (χ0n) is 11.5. The fourth-order valence-corrected chi connectivity index (χ4v) is 3.19. The lowest BCUT2D eigenvalue weighted by Crippen LogP contribution is -2.06. The highest BCUT2D eigenvalue weighted by atomic mass is 127. The predicted octanol–water partition coefficient (Wildman–Crippen LogP) is 6.15. The summed E-state index contributed by atoms with van der Waals surface area (Å²) in [6.07, 6.45) is 6.42. The van der Waals surface area contributed by atoms with Crippen molar-refractivity contribution in [3.8, 4) is 0 Å². The molecule has 0 radical (unpaired) electrons. The van der Waals surface area contributed by atoms with Crippen LogP contribution in [-0.4, -0.2) is 4.43 Å². The molecule has 102 valence electrons. The summed E-state index contributed by atoms with van der Waals surface area (Å²) in [6, 6.07) is 8.24. The quantitative estimate of drug-likeness (QED) is 0.376. The molecule has 2 unspecified atom stereocenters. The maximum atomic E-state index is 6.20. The number of hydrogen-bond acceptors (Lipinski definition) is 0. The Morgan fingerprint density at radius 3 is 2.50 bits per heavy atom. The highest BCUT2D eigenvalue weighted by molar-refractivity contribution is 14.1. The highest BCUT2D eigenvalue weighted by Gasteiger charge is 2.10. The van der Waals surface area contributed by atoms with Gasteiger partial charge < -0.3 is 0 Å². The van der Waals surface area contributed by atoms with Gasteiger partial charge in [-0.3, -0.25) is 0 Å². The van der Waals surface area contributed by atoms with Crippen LogP contribution in [0.3, 0.4) is 0 Å². The average molecular weight is 379 g/mol. The monoisotopic (exact) mass is 378 g/mol. The van der Waals surface area contributed by atoms with E-state index in [1.165, 1.54) is 35.7 Å². The van der Waals surface area contributed by atoms with Crippen molar-refractivity contribution in [2.75, 3.05) is 4.43 Å². The van der Waals surface area contributed by atoms with E-state index < -0.39 is 0 Å². The molecule has 1 aromatic rings. The smallest absolute Gasteiger partial charge is 0.0437 e. The molecule has 1 rings (SSSR count). The third-order valence-electron chi connectivity index (χ3n) is 3.76. The number of halogens is 2. The molecule has 0 fully saturated rings. The summed E-state index contributed by atoms with van der Waals surface area (Å²) in [7, 11) is 0. The van der Waals surface area contributed by atoms with E-state index >= 15 is 0 Å². The van der Waals surface area contributed by atoms with Crippen LogP contribution >= 0.6 is 34.2 Å². The molecule has 0 aliphatic rings. The van der Waals surface area contributed by atoms with Gasteiger partial charge in [0.2, 0.25) is 0 Å². The molecule has 0 heterocycles. The first-order valence-electron chi connectivity index (χ1n) is 6.96. The van der Waals surface area contributed by atoms with Crippen molar-refractivity contribution >= 4 is 34.2 Å². The number of alkyl halides is 1. The van der Waals surface area contributed by atoms with Crippen LogP contribution in [0.2, 0.25) is 5.02 Å². The number of aryl methyl sites for hydroxylation is 1. The zero-order chi connectivity index (χ0) is 13.4. The molecule has 0 bridgehead atoms. The van der Waals surface area contributed by atoms with Gasteiger partial charge in [0, 0.05) is 9.45 Å². The highest BCUT2D eigenvalue weighted by Crippen LogP contribution is 2.24. The number of hydrogen-bond donors (Lipinski definition) is 0. The van der Waals surface area contributed by atoms with Crippen molar-refractivity contribution in [3.63, 3.8) is 0 Å². The topological polar surface area (TPSA) is 0 Å². The van der Waals surface area contributed by atoms with Crippen LogP contribution in [-0.2, 0) is 6.42 Å². The SMILES string of the molecule is CCC(C)CCC(CI)CCc1ccccc1Cl. The van der Waals surface area contributed by atoms with E-state index in [1.54, 1.807) is 0 Å². The van der Waals surface area contributed by atoms with Gasteiger partial charge in [-0.05, 0) is 42.7 Å². The molecule has 0 N–H and O–H groups in total. The van der Waals surface area contributed by atoms with Gasteiger partial charge in [0.25, 0.3) is 0 Å². The molecule has 0 saturated carbocycles. The van der Waals surface area contributed by atoms with Crippen molar-refractivity contribution in [1.29, 1.82) is 0 Å². The summed E-state index contributed by atoms with van der Waals surface area (Å²) in [4.78, 5) is 0. The van der Waals surface area contributed by atoms with Crippen molar-refractivity contribution in [2.24, 2.45) is 11.8 Å². The Balaban J connectivity index is 2.37. The third-order valence-corrected chi connectivity index (χ3v) is 5.38. The standard InChI is InChI=1S/C16H24ClI/c1-3-13(2)8-9-14(12-18)10-11-15-6-4-5-7-16(15)17/h4-7,13-14H,3,8-12H2,1-2H3. The minimum absolute atomic E-state index is 0.843. The zero-order valence-corrected chi connectivity index (χ0v) is 14.4. The van der Waals surface area contributed by atoms with Gasteiger partial charge in [0.05, 0.1) is 0 Å². The average Bonchev–Trinajstić information content (AvgIpc) is 2.40. The van der Waals surface area contributed by atoms with E-state index in [0.29, 0.717) is 0 Å². The van der Waals surface area contributed by atoms with Crippen LogP contribution in [0, 0.1) is 11.8 Å². The third kappa shape index (κ3) is 5.92. The van der Waals surface area contributed by atoms with Crippen LogP contribution in [0.15, 0.2) is 24.3 Å². The molecule has 0 saturated heterocycles. The summed E-state index contributed by atoms with van der Waals surface area (Å²) in [5.41, 5.74) is 1.30. The Morgan fingerprint density at radius 1 is 1.17 bits per heavy atom. The van der Waals surface area contributed by atoms with Gasteiger partial charge in [-0.15, -0.1) is 0 Å². The number of rotatable bonds is 8. The molecule has 0 aliphatic heterocycles. The van der Waals surface area contributed by atoms with Crippen LogP contribution in [0.4, 0.5) is 0 Å². The second-order valence-electron chi connectivity index (χ2n) is 5.24. The summed E-state index contributed by atoms with van der Waals surface area (Å²) in [5.74, 6) is 1.71. The first-order chi connectivity index (χ1) is 8.67. The minimum Gasteiger partial charge on any atom is -0.0861 e. The van der Waals surface area contributed by atoms with E-state index in [2.05, 4.69) is 48.6 Å². The fourth-order valence-electron chi connectivity index (χ4n) is 2.08. The lowest BCUT2D eigenvalue weighted by atomic mass is 9.92. The summed E-state index contributed by atoms with van der Waals surface area (Å²) < 4.78 is 1.26. The second kappa shape index (κ2) is 9.19. The van der Waals surface area contributed by atoms with Crippen molar-refractivity contribution in [3.05, 3.63) is 34.9 Å². The normalized spacial score (nSPS) is 14.4. The van der Waals surface area contributed by atoms with Crippen molar-refractivity contribution in [2.45, 2.75) is 46.0 Å². The Kier molecular flexibility index (Phi) is 8.32. The number of benzene rings is 1. The molecule has 0 amide bonds. The summed E-state index contributed by atoms with van der Waals surface area (Å²) in [6.45, 7) is 4.64. The van der Waals surface area contributed by atoms with Crippen LogP contribution in [0.5, 0.6) is 0 Å². The summed E-state index contributed by atoms with van der Waals surface area (Å²) in [5, 5.41) is 0.923. The van der Waals surface area contributed by atoms with Gasteiger partial charge in [-0.1, -0.05) is 79.1 Å². The second-order valence-corrected chi connectivity index (χ2v) is 6.53. The van der Waals surface area contributed by atoms with Gasteiger partial charge in [-0.2, -0.15) is 0 Å². The first-order valence-corrected chi connectivity index (χ1v) is 8.87. The van der Waals surface area contributed by atoms with E-state index in [0.717, 1.165) is 23.3 Å². The van der Waals surface area contributed by atoms with Gasteiger partial charge in [-0.25, -0.2) is 0 Å². The lowest BCUT2D eigenvalue weighted by molar-refractivity contribution is 0.414. The molecule has 1 aromatic carbocycles. The van der Waals surface area contributed by atoms with E-state index in [-0.39, 0.29) is 0 Å². The molecular weight excluding hydrogens is 355 g/mol. The maximum Gasteiger partial charge on any atom is 0.0437 e. The Bertz CT molecular complexity index is 338. The molecule has 0 aromatic heterocycles. The van der Waals surface area contributed by atoms with Crippen molar-refractivity contribution < 1.29 is 0 Å². The van der Waals surface area contributed by atoms with E-state index in [9.17, 15) is 0 Å². The van der Waals surface area contributed by atoms with Crippen LogP contribution in [0.1, 0.15) is 45.1 Å². The lowest BCUT2D eigenvalue weighted by Gasteiger charge is -2.16. The van der Waals surface area contributed by atoms with Gasteiger partial charge >= 0.3 is 0 Å². The summed E-state index contributed by atoms with van der Waals surface area (Å²) >= 11 is 8.73. The van der Waals surface area contributed by atoms with Gasteiger partial charge in [0.15, 0.2) is 0 Å².